The molecule has 0 radical (unpaired) electrons. The molecule has 2 fully saturated rings. The Labute approximate surface area is 402 Å². The molecule has 0 spiro atoms. The van der Waals surface area contributed by atoms with E-state index in [0.29, 0.717) is 90.4 Å². The molecular weight excluding hydrogens is 865 g/mol. The van der Waals surface area contributed by atoms with Gasteiger partial charge in [-0.2, -0.15) is 0 Å². The molecule has 2 heterocycles. The summed E-state index contributed by atoms with van der Waals surface area (Å²) in [6, 6.07) is 11.9. The van der Waals surface area contributed by atoms with Crippen LogP contribution >= 0.6 is 0 Å². The normalized spacial score (nSPS) is 21.5. The van der Waals surface area contributed by atoms with Crippen LogP contribution in [-0.2, 0) is 41.6 Å². The van der Waals surface area contributed by atoms with E-state index in [1.165, 1.54) is 11.1 Å². The number of urea groups is 1. The van der Waals surface area contributed by atoms with Crippen LogP contribution in [-0.4, -0.2) is 128 Å². The summed E-state index contributed by atoms with van der Waals surface area (Å²) >= 11 is 0. The molecule has 0 aromatic heterocycles. The van der Waals surface area contributed by atoms with E-state index in [-0.39, 0.29) is 53.6 Å². The SMILES string of the molecule is CN[C@@H](C)C(=O)N[C@@H](CCCCNC(=O)NCCCC[C@H](NC(=O)[C@H](C)NC)C(=O)N1CCC[C@H]1C(=O)N[C@@H]1CCCc2ccccc21)C(=O)N1CCC[C@H]1C(=O)N[C@@H]1CCCc2ccccc21. The summed E-state index contributed by atoms with van der Waals surface area (Å²) in [6.45, 7) is 4.99. The van der Waals surface area contributed by atoms with Crippen LogP contribution in [0.15, 0.2) is 48.5 Å². The molecule has 372 valence electrons. The number of benzene rings is 2. The first-order valence-electron chi connectivity index (χ1n) is 25.2. The van der Waals surface area contributed by atoms with Crippen LogP contribution in [0.5, 0.6) is 0 Å². The van der Waals surface area contributed by atoms with E-state index < -0.39 is 36.3 Å². The lowest BCUT2D eigenvalue weighted by Gasteiger charge is -2.32. The minimum absolute atomic E-state index is 0.0997. The van der Waals surface area contributed by atoms with Gasteiger partial charge in [-0.15, -0.1) is 0 Å². The van der Waals surface area contributed by atoms with Crippen LogP contribution in [0.1, 0.15) is 138 Å². The summed E-state index contributed by atoms with van der Waals surface area (Å²) in [6.07, 6.45) is 11.0. The fourth-order valence-electron chi connectivity index (χ4n) is 10.1. The van der Waals surface area contributed by atoms with Gasteiger partial charge in [0.1, 0.15) is 24.2 Å². The van der Waals surface area contributed by atoms with Gasteiger partial charge in [0.25, 0.3) is 0 Å². The number of carbonyl (C=O) groups excluding carboxylic acids is 7. The average molecular weight is 941 g/mol. The fourth-order valence-corrected chi connectivity index (χ4v) is 10.1. The van der Waals surface area contributed by atoms with Crippen molar-refractivity contribution in [1.82, 2.24) is 52.3 Å². The van der Waals surface area contributed by atoms with Gasteiger partial charge < -0.3 is 52.3 Å². The minimum Gasteiger partial charge on any atom is -0.347 e. The Balaban J connectivity index is 0.940. The van der Waals surface area contributed by atoms with Crippen molar-refractivity contribution in [1.29, 1.82) is 0 Å². The number of fused-ring (bicyclic) bond motifs is 2. The first kappa shape index (κ1) is 51.8. The number of unbranched alkanes of at least 4 members (excludes halogenated alkanes) is 2. The molecule has 6 rings (SSSR count). The van der Waals surface area contributed by atoms with Crippen LogP contribution in [0.3, 0.4) is 0 Å². The third-order valence-electron chi connectivity index (χ3n) is 14.3. The van der Waals surface area contributed by atoms with Crippen molar-refractivity contribution < 1.29 is 33.6 Å². The van der Waals surface area contributed by atoms with Crippen molar-refractivity contribution in [3.8, 4) is 0 Å². The number of carbonyl (C=O) groups is 7. The van der Waals surface area contributed by atoms with Crippen molar-refractivity contribution >= 4 is 41.5 Å². The van der Waals surface area contributed by atoms with E-state index in [9.17, 15) is 33.6 Å². The second-order valence-corrected chi connectivity index (χ2v) is 19.0. The first-order valence-corrected chi connectivity index (χ1v) is 25.2. The predicted octanol–water partition coefficient (Wildman–Crippen LogP) is 3.18. The smallest absolute Gasteiger partial charge is 0.314 e. The number of amides is 8. The van der Waals surface area contributed by atoms with Crippen molar-refractivity contribution in [2.75, 3.05) is 40.3 Å². The Kier molecular flexibility index (Phi) is 19.6. The predicted molar refractivity (Wildman–Crippen MR) is 260 cm³/mol. The van der Waals surface area contributed by atoms with Gasteiger partial charge >= 0.3 is 6.03 Å². The molecule has 4 aliphatic rings. The second-order valence-electron chi connectivity index (χ2n) is 19.0. The molecule has 68 heavy (non-hydrogen) atoms. The van der Waals surface area contributed by atoms with Crippen LogP contribution < -0.4 is 42.5 Å². The topological polar surface area (TPSA) is 222 Å². The van der Waals surface area contributed by atoms with Crippen molar-refractivity contribution in [3.63, 3.8) is 0 Å². The molecule has 8 N–H and O–H groups in total. The standard InChI is InChI=1S/C51H76N10O7/c1-33(52-3)45(62)58-41(49(66)60-31-15-27-43(60)47(64)56-39-25-13-19-35-17-5-7-21-37(35)39)23-9-11-29-54-51(68)55-30-12-10-24-42(59-46(63)34(2)53-4)50(67)61-32-16-28-44(61)48(65)57-40-26-14-20-36-18-6-8-22-38(36)40/h5-8,17-18,21-22,33-34,39-44,52-53H,9-16,19-20,23-32H2,1-4H3,(H,56,64)(H,57,65)(H,58,62)(H,59,63)(H2,54,55,68)/t33-,34-,39+,40+,41-,42-,43-,44-/m0/s1. The van der Waals surface area contributed by atoms with Gasteiger partial charge in [0, 0.05) is 26.2 Å². The van der Waals surface area contributed by atoms with Crippen molar-refractivity contribution in [2.24, 2.45) is 0 Å². The quantitative estimate of drug-likeness (QED) is 0.0812. The van der Waals surface area contributed by atoms with Gasteiger partial charge in [0.15, 0.2) is 0 Å². The molecule has 2 aromatic carbocycles. The zero-order valence-corrected chi connectivity index (χ0v) is 40.6. The Morgan fingerprint density at radius 1 is 0.559 bits per heavy atom. The summed E-state index contributed by atoms with van der Waals surface area (Å²) in [5.41, 5.74) is 4.75. The summed E-state index contributed by atoms with van der Waals surface area (Å²) in [5, 5.41) is 23.9. The van der Waals surface area contributed by atoms with E-state index >= 15 is 0 Å². The van der Waals surface area contributed by atoms with Crippen molar-refractivity contribution in [3.05, 3.63) is 70.8 Å². The summed E-state index contributed by atoms with van der Waals surface area (Å²) in [7, 11) is 3.35. The Hall–Kier alpha value is -5.55. The summed E-state index contributed by atoms with van der Waals surface area (Å²) in [5.74, 6) is -1.51. The monoisotopic (exact) mass is 941 g/mol. The van der Waals surface area contributed by atoms with Gasteiger partial charge in [0.2, 0.25) is 35.4 Å². The highest BCUT2D eigenvalue weighted by Gasteiger charge is 2.40. The number of hydrogen-bond donors (Lipinski definition) is 8. The van der Waals surface area contributed by atoms with E-state index in [1.807, 2.05) is 24.3 Å². The second kappa shape index (κ2) is 25.7. The molecule has 0 bridgehead atoms. The Morgan fingerprint density at radius 2 is 0.971 bits per heavy atom. The van der Waals surface area contributed by atoms with E-state index in [1.54, 1.807) is 37.7 Å². The molecule has 2 saturated heterocycles. The Morgan fingerprint density at radius 3 is 1.38 bits per heavy atom. The number of hydrogen-bond acceptors (Lipinski definition) is 9. The van der Waals surface area contributed by atoms with Crippen LogP contribution in [0, 0.1) is 0 Å². The Bertz CT molecular complexity index is 1930. The highest BCUT2D eigenvalue weighted by atomic mass is 16.2. The van der Waals surface area contributed by atoms with Gasteiger partial charge in [0.05, 0.1) is 24.2 Å². The number of likely N-dealkylation sites (tertiary alicyclic amines) is 2. The third kappa shape index (κ3) is 13.8. The molecule has 17 nitrogen and oxygen atoms in total. The largest absolute Gasteiger partial charge is 0.347 e. The highest BCUT2D eigenvalue weighted by Crippen LogP contribution is 2.32. The fraction of sp³-hybridized carbons (Fsp3) is 0.627. The van der Waals surface area contributed by atoms with Crippen LogP contribution in [0.2, 0.25) is 0 Å². The lowest BCUT2D eigenvalue weighted by molar-refractivity contribution is -0.142. The minimum atomic E-state index is -0.828. The van der Waals surface area contributed by atoms with E-state index in [2.05, 4.69) is 66.8 Å². The molecule has 0 unspecified atom stereocenters. The molecule has 8 atom stereocenters. The van der Waals surface area contributed by atoms with Gasteiger partial charge in [-0.3, -0.25) is 28.8 Å². The molecule has 8 amide bonds. The van der Waals surface area contributed by atoms with E-state index in [0.717, 1.165) is 49.7 Å². The molecule has 17 heteroatoms. The number of nitrogens with one attached hydrogen (secondary N) is 8. The third-order valence-corrected chi connectivity index (χ3v) is 14.3. The van der Waals surface area contributed by atoms with E-state index in [4.69, 9.17) is 0 Å². The zero-order valence-electron chi connectivity index (χ0n) is 40.6. The number of nitrogens with zero attached hydrogens (tertiary/aromatic N) is 2. The van der Waals surface area contributed by atoms with Crippen LogP contribution in [0.4, 0.5) is 4.79 Å². The van der Waals surface area contributed by atoms with Gasteiger partial charge in [-0.25, -0.2) is 4.79 Å². The molecule has 2 aliphatic heterocycles. The number of likely N-dealkylation sites (N-methyl/N-ethyl adjacent to an activating group) is 2. The summed E-state index contributed by atoms with van der Waals surface area (Å²) < 4.78 is 0. The van der Waals surface area contributed by atoms with Gasteiger partial charge in [-0.05, 0) is 153 Å². The lowest BCUT2D eigenvalue weighted by Crippen LogP contribution is -2.55. The maximum atomic E-state index is 14.1. The number of rotatable bonds is 22. The first-order chi connectivity index (χ1) is 32.9. The highest BCUT2D eigenvalue weighted by molar-refractivity contribution is 5.94. The molecular formula is C51H76N10O7. The zero-order chi connectivity index (χ0) is 48.6. The van der Waals surface area contributed by atoms with Crippen molar-refractivity contribution in [2.45, 2.75) is 165 Å². The maximum absolute atomic E-state index is 14.1. The van der Waals surface area contributed by atoms with Crippen LogP contribution in [0.25, 0.3) is 0 Å². The molecule has 2 aromatic rings. The number of aryl methyl sites for hydroxylation is 2. The maximum Gasteiger partial charge on any atom is 0.314 e. The molecule has 2 aliphatic carbocycles. The average Bonchev–Trinajstić information content (AvgIpc) is 4.06. The summed E-state index contributed by atoms with van der Waals surface area (Å²) in [4.78, 5) is 97.7. The van der Waals surface area contributed by atoms with Gasteiger partial charge in [-0.1, -0.05) is 48.5 Å². The lowest BCUT2D eigenvalue weighted by atomic mass is 9.87. The molecule has 0 saturated carbocycles.